The van der Waals surface area contributed by atoms with Crippen molar-refractivity contribution in [3.63, 3.8) is 0 Å². The minimum Gasteiger partial charge on any atom is -0.293 e. The monoisotopic (exact) mass is 296 g/mol. The van der Waals surface area contributed by atoms with Gasteiger partial charge in [-0.2, -0.15) is 0 Å². The van der Waals surface area contributed by atoms with Crippen LogP contribution in [0.1, 0.15) is 30.0 Å². The van der Waals surface area contributed by atoms with E-state index in [1.54, 1.807) is 11.3 Å². The first-order valence-electron chi connectivity index (χ1n) is 7.37. The van der Waals surface area contributed by atoms with Crippen molar-refractivity contribution in [1.82, 2.24) is 9.88 Å². The van der Waals surface area contributed by atoms with Gasteiger partial charge in [-0.3, -0.25) is 4.90 Å². The predicted octanol–water partition coefficient (Wildman–Crippen LogP) is 4.88. The molecule has 3 aromatic rings. The average Bonchev–Trinajstić information content (AvgIpc) is 2.91. The van der Waals surface area contributed by atoms with Gasteiger partial charge in [0.15, 0.2) is 0 Å². The van der Waals surface area contributed by atoms with Crippen molar-refractivity contribution in [3.05, 3.63) is 65.2 Å². The van der Waals surface area contributed by atoms with Crippen molar-refractivity contribution in [2.45, 2.75) is 25.9 Å². The van der Waals surface area contributed by atoms with Crippen LogP contribution in [0.4, 0.5) is 0 Å². The zero-order valence-electron chi connectivity index (χ0n) is 12.5. The Kier molecular flexibility index (Phi) is 4.32. The largest absolute Gasteiger partial charge is 0.293 e. The third-order valence-corrected chi connectivity index (χ3v) is 4.85. The highest BCUT2D eigenvalue weighted by Gasteiger charge is 2.16. The fourth-order valence-corrected chi connectivity index (χ4v) is 3.82. The molecule has 0 aliphatic rings. The zero-order valence-corrected chi connectivity index (χ0v) is 13.3. The standard InChI is InChI=1S/C18H20N2S/c1-3-16(14-9-5-4-6-10-14)20(2)13-18-19-15-11-7-8-12-17(15)21-18/h4-12,16H,3,13H2,1-2H3. The lowest BCUT2D eigenvalue weighted by molar-refractivity contribution is 0.230. The molecule has 0 aliphatic carbocycles. The van der Waals surface area contributed by atoms with E-state index in [9.17, 15) is 0 Å². The number of fused-ring (bicyclic) bond motifs is 1. The summed E-state index contributed by atoms with van der Waals surface area (Å²) in [6, 6.07) is 19.5. The molecule has 108 valence electrons. The summed E-state index contributed by atoms with van der Waals surface area (Å²) in [4.78, 5) is 7.14. The summed E-state index contributed by atoms with van der Waals surface area (Å²) >= 11 is 1.80. The Balaban J connectivity index is 1.79. The second-order valence-corrected chi connectivity index (χ2v) is 6.44. The van der Waals surface area contributed by atoms with Gasteiger partial charge in [-0.15, -0.1) is 11.3 Å². The van der Waals surface area contributed by atoms with Crippen LogP contribution in [0.3, 0.4) is 0 Å². The number of para-hydroxylation sites is 1. The Morgan fingerprint density at radius 3 is 2.48 bits per heavy atom. The number of aromatic nitrogens is 1. The number of benzene rings is 2. The number of nitrogens with zero attached hydrogens (tertiary/aromatic N) is 2. The maximum atomic E-state index is 4.74. The molecule has 0 N–H and O–H groups in total. The van der Waals surface area contributed by atoms with Gasteiger partial charge in [-0.25, -0.2) is 4.98 Å². The maximum Gasteiger partial charge on any atom is 0.108 e. The van der Waals surface area contributed by atoms with Crippen molar-refractivity contribution >= 4 is 21.6 Å². The molecule has 1 atom stereocenters. The fourth-order valence-electron chi connectivity index (χ4n) is 2.79. The molecule has 0 aliphatic heterocycles. The lowest BCUT2D eigenvalue weighted by Gasteiger charge is -2.26. The van der Waals surface area contributed by atoms with Crippen molar-refractivity contribution in [2.75, 3.05) is 7.05 Å². The second kappa shape index (κ2) is 6.37. The molecule has 0 spiro atoms. The van der Waals surface area contributed by atoms with Crippen LogP contribution >= 0.6 is 11.3 Å². The lowest BCUT2D eigenvalue weighted by atomic mass is 10.0. The highest BCUT2D eigenvalue weighted by Crippen LogP contribution is 2.27. The lowest BCUT2D eigenvalue weighted by Crippen LogP contribution is -2.23. The summed E-state index contributed by atoms with van der Waals surface area (Å²) < 4.78 is 1.27. The number of hydrogen-bond acceptors (Lipinski definition) is 3. The molecule has 1 heterocycles. The topological polar surface area (TPSA) is 16.1 Å². The van der Waals surface area contributed by atoms with Crippen LogP contribution in [0.15, 0.2) is 54.6 Å². The molecule has 0 fully saturated rings. The molecule has 0 radical (unpaired) electrons. The second-order valence-electron chi connectivity index (χ2n) is 5.33. The summed E-state index contributed by atoms with van der Waals surface area (Å²) in [5.74, 6) is 0. The first-order valence-corrected chi connectivity index (χ1v) is 8.19. The predicted molar refractivity (Wildman–Crippen MR) is 90.6 cm³/mol. The van der Waals surface area contributed by atoms with E-state index >= 15 is 0 Å². The molecule has 2 aromatic carbocycles. The van der Waals surface area contributed by atoms with E-state index in [1.165, 1.54) is 15.3 Å². The van der Waals surface area contributed by atoms with Gasteiger partial charge in [-0.05, 0) is 31.2 Å². The van der Waals surface area contributed by atoms with Crippen LogP contribution in [0.25, 0.3) is 10.2 Å². The van der Waals surface area contributed by atoms with Crippen LogP contribution in [-0.2, 0) is 6.54 Å². The van der Waals surface area contributed by atoms with E-state index in [4.69, 9.17) is 4.98 Å². The third kappa shape index (κ3) is 3.14. The summed E-state index contributed by atoms with van der Waals surface area (Å²) in [6.45, 7) is 3.14. The Morgan fingerprint density at radius 2 is 1.76 bits per heavy atom. The van der Waals surface area contributed by atoms with Crippen molar-refractivity contribution in [3.8, 4) is 0 Å². The SMILES string of the molecule is CCC(c1ccccc1)N(C)Cc1nc2ccccc2s1. The van der Waals surface area contributed by atoms with Crippen LogP contribution < -0.4 is 0 Å². The highest BCUT2D eigenvalue weighted by atomic mass is 32.1. The third-order valence-electron chi connectivity index (χ3n) is 3.83. The Labute approximate surface area is 130 Å². The Bertz CT molecular complexity index is 672. The molecule has 0 bridgehead atoms. The van der Waals surface area contributed by atoms with E-state index in [-0.39, 0.29) is 0 Å². The molecule has 0 saturated carbocycles. The molecular formula is C18H20N2S. The van der Waals surface area contributed by atoms with Crippen LogP contribution in [0.5, 0.6) is 0 Å². The van der Waals surface area contributed by atoms with Gasteiger partial charge in [0.2, 0.25) is 0 Å². The van der Waals surface area contributed by atoms with Crippen LogP contribution in [-0.4, -0.2) is 16.9 Å². The van der Waals surface area contributed by atoms with Crippen molar-refractivity contribution in [2.24, 2.45) is 0 Å². The normalized spacial score (nSPS) is 12.9. The minimum absolute atomic E-state index is 0.443. The van der Waals surface area contributed by atoms with Gasteiger partial charge < -0.3 is 0 Å². The van der Waals surface area contributed by atoms with Gasteiger partial charge in [0.25, 0.3) is 0 Å². The van der Waals surface area contributed by atoms with Crippen LogP contribution in [0.2, 0.25) is 0 Å². The fraction of sp³-hybridized carbons (Fsp3) is 0.278. The zero-order chi connectivity index (χ0) is 14.7. The van der Waals surface area contributed by atoms with E-state index in [0.29, 0.717) is 6.04 Å². The first kappa shape index (κ1) is 14.2. The van der Waals surface area contributed by atoms with Gasteiger partial charge in [0.05, 0.1) is 16.8 Å². The Hall–Kier alpha value is -1.71. The van der Waals surface area contributed by atoms with Gasteiger partial charge in [0, 0.05) is 6.04 Å². The van der Waals surface area contributed by atoms with Gasteiger partial charge in [-0.1, -0.05) is 49.4 Å². The molecular weight excluding hydrogens is 276 g/mol. The molecule has 0 saturated heterocycles. The van der Waals surface area contributed by atoms with Crippen molar-refractivity contribution in [1.29, 1.82) is 0 Å². The van der Waals surface area contributed by atoms with E-state index in [2.05, 4.69) is 67.4 Å². The van der Waals surface area contributed by atoms with Gasteiger partial charge in [0.1, 0.15) is 5.01 Å². The molecule has 0 amide bonds. The number of rotatable bonds is 5. The van der Waals surface area contributed by atoms with Gasteiger partial charge >= 0.3 is 0 Å². The quantitative estimate of drug-likeness (QED) is 0.667. The van der Waals surface area contributed by atoms with E-state index in [1.807, 2.05) is 6.07 Å². The molecule has 1 aromatic heterocycles. The molecule has 1 unspecified atom stereocenters. The maximum absolute atomic E-state index is 4.74. The Morgan fingerprint density at radius 1 is 1.05 bits per heavy atom. The van der Waals surface area contributed by atoms with Crippen LogP contribution in [0, 0.1) is 0 Å². The van der Waals surface area contributed by atoms with E-state index in [0.717, 1.165) is 18.5 Å². The minimum atomic E-state index is 0.443. The van der Waals surface area contributed by atoms with E-state index < -0.39 is 0 Å². The molecule has 2 nitrogen and oxygen atoms in total. The molecule has 3 heteroatoms. The molecule has 3 rings (SSSR count). The highest BCUT2D eigenvalue weighted by molar-refractivity contribution is 7.18. The summed E-state index contributed by atoms with van der Waals surface area (Å²) in [5.41, 5.74) is 2.49. The first-order chi connectivity index (χ1) is 10.3. The average molecular weight is 296 g/mol. The number of thiazole rings is 1. The smallest absolute Gasteiger partial charge is 0.108 e. The number of hydrogen-bond donors (Lipinski definition) is 0. The van der Waals surface area contributed by atoms with Crippen molar-refractivity contribution < 1.29 is 0 Å². The summed E-state index contributed by atoms with van der Waals surface area (Å²) in [7, 11) is 2.19. The molecule has 21 heavy (non-hydrogen) atoms. The summed E-state index contributed by atoms with van der Waals surface area (Å²) in [5, 5.41) is 1.19. The summed E-state index contributed by atoms with van der Waals surface area (Å²) in [6.07, 6.45) is 1.10.